The molecular formula is C23H28ClN3O3. The smallest absolute Gasteiger partial charge is 0.254 e. The summed E-state index contributed by atoms with van der Waals surface area (Å²) in [7, 11) is 0. The van der Waals surface area contributed by atoms with Crippen LogP contribution in [0.4, 0.5) is 5.82 Å². The lowest BCUT2D eigenvalue weighted by molar-refractivity contribution is -0.130. The second kappa shape index (κ2) is 8.79. The molecule has 7 heteroatoms. The van der Waals surface area contributed by atoms with Crippen molar-refractivity contribution in [2.45, 2.75) is 50.2 Å². The van der Waals surface area contributed by atoms with Crippen molar-refractivity contribution < 1.29 is 14.3 Å². The summed E-state index contributed by atoms with van der Waals surface area (Å²) in [5.41, 5.74) is 1.20. The number of benzene rings is 1. The van der Waals surface area contributed by atoms with Gasteiger partial charge in [-0.25, -0.2) is 4.98 Å². The SMILES string of the molecule is O=C(Nc1cc2cc(C3CCN(C4COC4)CC3)c(Cl)cc2cn1)[C@@H]1CCCCO1. The van der Waals surface area contributed by atoms with Crippen molar-refractivity contribution in [1.29, 1.82) is 0 Å². The number of halogens is 1. The van der Waals surface area contributed by atoms with Crippen LogP contribution in [0.5, 0.6) is 0 Å². The van der Waals surface area contributed by atoms with Gasteiger partial charge in [-0.1, -0.05) is 11.6 Å². The minimum atomic E-state index is -0.372. The van der Waals surface area contributed by atoms with E-state index in [1.54, 1.807) is 6.20 Å². The first kappa shape index (κ1) is 20.2. The van der Waals surface area contributed by atoms with E-state index < -0.39 is 0 Å². The summed E-state index contributed by atoms with van der Waals surface area (Å²) < 4.78 is 10.9. The van der Waals surface area contributed by atoms with Crippen molar-refractivity contribution in [3.63, 3.8) is 0 Å². The second-order valence-corrected chi connectivity index (χ2v) is 9.04. The summed E-state index contributed by atoms with van der Waals surface area (Å²) in [5.74, 6) is 0.916. The van der Waals surface area contributed by atoms with Crippen molar-refractivity contribution in [2.75, 3.05) is 38.2 Å². The molecule has 1 amide bonds. The lowest BCUT2D eigenvalue weighted by atomic mass is 9.87. The highest BCUT2D eigenvalue weighted by Gasteiger charge is 2.30. The Hall–Kier alpha value is -1.73. The Morgan fingerprint density at radius 1 is 1.10 bits per heavy atom. The van der Waals surface area contributed by atoms with E-state index in [0.717, 1.165) is 74.2 Å². The van der Waals surface area contributed by atoms with E-state index in [-0.39, 0.29) is 12.0 Å². The first-order valence-electron chi connectivity index (χ1n) is 11.0. The molecule has 6 nitrogen and oxygen atoms in total. The van der Waals surface area contributed by atoms with Crippen LogP contribution in [0.25, 0.3) is 10.8 Å². The predicted octanol–water partition coefficient (Wildman–Crippen LogP) is 3.97. The minimum Gasteiger partial charge on any atom is -0.378 e. The van der Waals surface area contributed by atoms with E-state index in [4.69, 9.17) is 21.1 Å². The van der Waals surface area contributed by atoms with Crippen molar-refractivity contribution >= 4 is 34.1 Å². The number of likely N-dealkylation sites (tertiary alicyclic amines) is 1. The molecule has 3 aliphatic rings. The molecule has 30 heavy (non-hydrogen) atoms. The molecule has 1 aromatic heterocycles. The van der Waals surface area contributed by atoms with Crippen LogP contribution in [0.15, 0.2) is 24.4 Å². The molecule has 3 saturated heterocycles. The third-order valence-electron chi connectivity index (χ3n) is 6.67. The van der Waals surface area contributed by atoms with Gasteiger partial charge in [-0.2, -0.15) is 0 Å². The van der Waals surface area contributed by atoms with Gasteiger partial charge in [0.2, 0.25) is 0 Å². The molecule has 0 bridgehead atoms. The van der Waals surface area contributed by atoms with Crippen molar-refractivity contribution in [2.24, 2.45) is 0 Å². The number of carbonyl (C=O) groups is 1. The van der Waals surface area contributed by atoms with Crippen LogP contribution >= 0.6 is 11.6 Å². The first-order valence-corrected chi connectivity index (χ1v) is 11.4. The molecule has 3 aliphatic heterocycles. The zero-order chi connectivity index (χ0) is 20.5. The first-order chi connectivity index (χ1) is 14.7. The van der Waals surface area contributed by atoms with E-state index in [1.165, 1.54) is 5.56 Å². The second-order valence-electron chi connectivity index (χ2n) is 8.64. The molecule has 160 valence electrons. The van der Waals surface area contributed by atoms with Crippen LogP contribution in [-0.2, 0) is 14.3 Å². The van der Waals surface area contributed by atoms with Gasteiger partial charge in [0.25, 0.3) is 5.91 Å². The third-order valence-corrected chi connectivity index (χ3v) is 6.99. The number of ether oxygens (including phenoxy) is 2. The maximum absolute atomic E-state index is 12.5. The lowest BCUT2D eigenvalue weighted by Crippen LogP contribution is -2.51. The Kier molecular flexibility index (Phi) is 5.92. The van der Waals surface area contributed by atoms with E-state index in [2.05, 4.69) is 21.3 Å². The maximum atomic E-state index is 12.5. The Bertz CT molecular complexity index is 919. The highest BCUT2D eigenvalue weighted by atomic mass is 35.5. The van der Waals surface area contributed by atoms with Crippen molar-refractivity contribution in [3.8, 4) is 0 Å². The molecule has 0 radical (unpaired) electrons. The lowest BCUT2D eigenvalue weighted by Gasteiger charge is -2.41. The average molecular weight is 430 g/mol. The molecule has 4 heterocycles. The average Bonchev–Trinajstić information content (AvgIpc) is 2.73. The Balaban J connectivity index is 1.31. The normalized spacial score (nSPS) is 24.0. The third kappa shape index (κ3) is 4.19. The zero-order valence-electron chi connectivity index (χ0n) is 17.1. The number of pyridine rings is 1. The van der Waals surface area contributed by atoms with Crippen molar-refractivity contribution in [3.05, 3.63) is 35.0 Å². The molecule has 0 saturated carbocycles. The van der Waals surface area contributed by atoms with Crippen LogP contribution in [0.3, 0.4) is 0 Å². The molecule has 5 rings (SSSR count). The monoisotopic (exact) mass is 429 g/mol. The van der Waals surface area contributed by atoms with E-state index in [0.29, 0.717) is 24.4 Å². The zero-order valence-corrected chi connectivity index (χ0v) is 17.9. The van der Waals surface area contributed by atoms with Gasteiger partial charge in [0.15, 0.2) is 0 Å². The Labute approximate surface area is 181 Å². The van der Waals surface area contributed by atoms with Gasteiger partial charge < -0.3 is 14.8 Å². The number of nitrogens with one attached hydrogen (secondary N) is 1. The molecule has 1 atom stereocenters. The van der Waals surface area contributed by atoms with Gasteiger partial charge in [0, 0.05) is 23.2 Å². The van der Waals surface area contributed by atoms with Crippen molar-refractivity contribution in [1.82, 2.24) is 9.88 Å². The van der Waals surface area contributed by atoms with Crippen LogP contribution in [-0.4, -0.2) is 60.8 Å². The largest absolute Gasteiger partial charge is 0.378 e. The number of fused-ring (bicyclic) bond motifs is 1. The molecule has 0 aliphatic carbocycles. The molecular weight excluding hydrogens is 402 g/mol. The summed E-state index contributed by atoms with van der Waals surface area (Å²) in [4.78, 5) is 19.4. The maximum Gasteiger partial charge on any atom is 0.254 e. The fourth-order valence-electron chi connectivity index (χ4n) is 4.73. The van der Waals surface area contributed by atoms with E-state index in [1.807, 2.05) is 12.1 Å². The van der Waals surface area contributed by atoms with Gasteiger partial charge in [-0.15, -0.1) is 0 Å². The number of aromatic nitrogens is 1. The topological polar surface area (TPSA) is 63.7 Å². The van der Waals surface area contributed by atoms with Crippen LogP contribution in [0.2, 0.25) is 5.02 Å². The quantitative estimate of drug-likeness (QED) is 0.796. The Morgan fingerprint density at radius 3 is 2.63 bits per heavy atom. The van der Waals surface area contributed by atoms with Gasteiger partial charge in [-0.3, -0.25) is 9.69 Å². The fraction of sp³-hybridized carbons (Fsp3) is 0.565. The van der Waals surface area contributed by atoms with Crippen LogP contribution < -0.4 is 5.32 Å². The van der Waals surface area contributed by atoms with Gasteiger partial charge in [-0.05, 0) is 80.3 Å². The van der Waals surface area contributed by atoms with Crippen LogP contribution in [0, 0.1) is 0 Å². The molecule has 0 spiro atoms. The predicted molar refractivity (Wildman–Crippen MR) is 117 cm³/mol. The number of piperidine rings is 1. The number of hydrogen-bond acceptors (Lipinski definition) is 5. The Morgan fingerprint density at radius 2 is 1.93 bits per heavy atom. The number of amides is 1. The highest BCUT2D eigenvalue weighted by Crippen LogP contribution is 2.36. The molecule has 1 aromatic carbocycles. The summed E-state index contributed by atoms with van der Waals surface area (Å²) in [6.07, 6.45) is 6.44. The van der Waals surface area contributed by atoms with Gasteiger partial charge >= 0.3 is 0 Å². The summed E-state index contributed by atoms with van der Waals surface area (Å²) in [5, 5.41) is 5.77. The molecule has 0 unspecified atom stereocenters. The highest BCUT2D eigenvalue weighted by molar-refractivity contribution is 6.32. The standard InChI is InChI=1S/C23H28ClN3O3/c24-20-10-17-12-25-22(26-23(28)21-3-1-2-8-30-21)11-16(17)9-19(20)15-4-6-27(7-5-15)18-13-29-14-18/h9-12,15,18,21H,1-8,13-14H2,(H,25,26,28)/t21-/m0/s1. The van der Waals surface area contributed by atoms with Gasteiger partial charge in [0.1, 0.15) is 11.9 Å². The fourth-order valence-corrected chi connectivity index (χ4v) is 5.05. The number of anilines is 1. The van der Waals surface area contributed by atoms with Gasteiger partial charge in [0.05, 0.1) is 19.3 Å². The van der Waals surface area contributed by atoms with E-state index >= 15 is 0 Å². The minimum absolute atomic E-state index is 0.108. The summed E-state index contributed by atoms with van der Waals surface area (Å²) in [6, 6.07) is 6.72. The summed E-state index contributed by atoms with van der Waals surface area (Å²) in [6.45, 7) is 4.57. The number of rotatable bonds is 4. The number of nitrogens with zero attached hydrogens (tertiary/aromatic N) is 2. The number of hydrogen-bond donors (Lipinski definition) is 1. The molecule has 3 fully saturated rings. The number of carbonyl (C=O) groups excluding carboxylic acids is 1. The summed E-state index contributed by atoms with van der Waals surface area (Å²) >= 11 is 6.65. The molecule has 1 N–H and O–H groups in total. The van der Waals surface area contributed by atoms with Crippen LogP contribution in [0.1, 0.15) is 43.6 Å². The van der Waals surface area contributed by atoms with E-state index in [9.17, 15) is 4.79 Å². The molecule has 2 aromatic rings.